The molecule has 2 aromatic carbocycles. The second-order valence-corrected chi connectivity index (χ2v) is 9.62. The van der Waals surface area contributed by atoms with Crippen molar-refractivity contribution in [2.45, 2.75) is 16.0 Å². The lowest BCUT2D eigenvalue weighted by atomic mass is 10.2. The van der Waals surface area contributed by atoms with Gasteiger partial charge in [0, 0.05) is 12.3 Å². The molecule has 1 saturated heterocycles. The van der Waals surface area contributed by atoms with Crippen LogP contribution in [-0.2, 0) is 9.84 Å². The minimum absolute atomic E-state index is 0.00564. The van der Waals surface area contributed by atoms with Crippen LogP contribution in [0.3, 0.4) is 0 Å². The normalized spacial score (nSPS) is 20.4. The molecule has 1 fully saturated rings. The minimum atomic E-state index is -3.63. The van der Waals surface area contributed by atoms with Crippen molar-refractivity contribution in [1.29, 1.82) is 0 Å². The minimum Gasteiger partial charge on any atom is -0.493 e. The summed E-state index contributed by atoms with van der Waals surface area (Å²) in [6.45, 7) is 2.49. The van der Waals surface area contributed by atoms with E-state index >= 15 is 0 Å². The number of rotatable bonds is 6. The van der Waals surface area contributed by atoms with Crippen molar-refractivity contribution in [2.75, 3.05) is 26.0 Å². The molecule has 1 aliphatic heterocycles. The predicted molar refractivity (Wildman–Crippen MR) is 100 cm³/mol. The summed E-state index contributed by atoms with van der Waals surface area (Å²) in [5.41, 5.74) is 0.907. The molecule has 0 spiro atoms. The van der Waals surface area contributed by atoms with Crippen molar-refractivity contribution in [3.8, 4) is 11.5 Å². The van der Waals surface area contributed by atoms with Gasteiger partial charge in [-0.05, 0) is 36.8 Å². The summed E-state index contributed by atoms with van der Waals surface area (Å²) < 4.78 is 36.5. The van der Waals surface area contributed by atoms with Crippen LogP contribution >= 0.6 is 11.8 Å². The Balaban J connectivity index is 1.92. The lowest BCUT2D eigenvalue weighted by molar-refractivity contribution is 0.272. The third-order valence-corrected chi connectivity index (χ3v) is 8.21. The molecule has 1 atom stereocenters. The first-order valence-corrected chi connectivity index (χ1v) is 10.4. The number of thioether (sulfide) groups is 1. The average Bonchev–Trinajstić information content (AvgIpc) is 3.11. The molecule has 1 unspecified atom stereocenters. The number of aryl methyl sites for hydroxylation is 1. The van der Waals surface area contributed by atoms with Crippen molar-refractivity contribution >= 4 is 21.6 Å². The molecule has 1 heterocycles. The van der Waals surface area contributed by atoms with E-state index in [-0.39, 0.29) is 6.61 Å². The van der Waals surface area contributed by atoms with Crippen LogP contribution in [0.4, 0.5) is 0 Å². The van der Waals surface area contributed by atoms with Crippen LogP contribution in [-0.4, -0.2) is 38.6 Å². The fourth-order valence-corrected chi connectivity index (χ4v) is 6.26. The van der Waals surface area contributed by atoms with E-state index in [0.29, 0.717) is 28.7 Å². The third kappa shape index (κ3) is 3.49. The second-order valence-electron chi connectivity index (χ2n) is 5.79. The standard InChI is InChI=1S/C18H21NO4S2/c1-14-6-5-7-15(12-14)25(20,21)18(19-10-11-24-18)13-23-17-9-4-3-8-16(17)22-2/h3-9,12,19H,10-11,13H2,1-2H3. The molecule has 0 saturated carbocycles. The van der Waals surface area contributed by atoms with Crippen LogP contribution in [0.1, 0.15) is 5.56 Å². The number of ether oxygens (including phenoxy) is 2. The molecule has 3 rings (SSSR count). The summed E-state index contributed by atoms with van der Waals surface area (Å²) in [7, 11) is -2.07. The molecule has 1 N–H and O–H groups in total. The number of sulfone groups is 1. The van der Waals surface area contributed by atoms with Crippen molar-refractivity contribution in [3.05, 3.63) is 54.1 Å². The number of hydrogen-bond donors (Lipinski definition) is 1. The van der Waals surface area contributed by atoms with E-state index in [9.17, 15) is 8.42 Å². The van der Waals surface area contributed by atoms with Gasteiger partial charge >= 0.3 is 0 Å². The highest BCUT2D eigenvalue weighted by molar-refractivity contribution is 8.14. The van der Waals surface area contributed by atoms with Gasteiger partial charge in [-0.2, -0.15) is 0 Å². The van der Waals surface area contributed by atoms with Crippen molar-refractivity contribution in [3.63, 3.8) is 0 Å². The molecule has 2 aromatic rings. The van der Waals surface area contributed by atoms with E-state index in [1.165, 1.54) is 11.8 Å². The zero-order chi connectivity index (χ0) is 17.9. The predicted octanol–water partition coefficient (Wildman–Crippen LogP) is 2.85. The van der Waals surface area contributed by atoms with Gasteiger partial charge in [0.15, 0.2) is 11.5 Å². The summed E-state index contributed by atoms with van der Waals surface area (Å²) >= 11 is 1.37. The summed E-state index contributed by atoms with van der Waals surface area (Å²) in [6.07, 6.45) is 0. The molecule has 0 aromatic heterocycles. The van der Waals surface area contributed by atoms with E-state index in [0.717, 1.165) is 5.56 Å². The number of para-hydroxylation sites is 2. The zero-order valence-corrected chi connectivity index (χ0v) is 15.8. The fourth-order valence-electron chi connectivity index (χ4n) is 2.73. The molecule has 0 amide bonds. The lowest BCUT2D eigenvalue weighted by Crippen LogP contribution is -2.50. The van der Waals surface area contributed by atoms with Crippen LogP contribution in [0.2, 0.25) is 0 Å². The Bertz CT molecular complexity index is 846. The highest BCUT2D eigenvalue weighted by Gasteiger charge is 2.49. The van der Waals surface area contributed by atoms with Crippen LogP contribution < -0.4 is 14.8 Å². The van der Waals surface area contributed by atoms with Crippen molar-refractivity contribution in [2.24, 2.45) is 0 Å². The monoisotopic (exact) mass is 379 g/mol. The highest BCUT2D eigenvalue weighted by atomic mass is 32.3. The Hall–Kier alpha value is -1.70. The smallest absolute Gasteiger partial charge is 0.210 e. The fraction of sp³-hybridized carbons (Fsp3) is 0.333. The van der Waals surface area contributed by atoms with Gasteiger partial charge < -0.3 is 9.47 Å². The Kier molecular flexibility index (Phi) is 5.27. The van der Waals surface area contributed by atoms with Gasteiger partial charge in [-0.1, -0.05) is 24.3 Å². The number of nitrogens with one attached hydrogen (secondary N) is 1. The largest absolute Gasteiger partial charge is 0.493 e. The maximum atomic E-state index is 13.3. The molecular weight excluding hydrogens is 358 g/mol. The van der Waals surface area contributed by atoms with Gasteiger partial charge in [-0.15, -0.1) is 11.8 Å². The summed E-state index contributed by atoms with van der Waals surface area (Å²) in [4.78, 5) is 0.304. The Morgan fingerprint density at radius 2 is 1.92 bits per heavy atom. The van der Waals surface area contributed by atoms with Gasteiger partial charge in [-0.3, -0.25) is 5.32 Å². The van der Waals surface area contributed by atoms with E-state index < -0.39 is 14.0 Å². The molecule has 1 aliphatic rings. The molecule has 0 bridgehead atoms. The Labute approximate surface area is 152 Å². The molecule has 7 heteroatoms. The number of benzene rings is 2. The first kappa shape index (κ1) is 18.1. The van der Waals surface area contributed by atoms with Gasteiger partial charge in [0.1, 0.15) is 6.61 Å². The average molecular weight is 380 g/mol. The lowest BCUT2D eigenvalue weighted by Gasteiger charge is -2.28. The summed E-state index contributed by atoms with van der Waals surface area (Å²) in [6, 6.07) is 14.2. The quantitative estimate of drug-likeness (QED) is 0.833. The van der Waals surface area contributed by atoms with Crippen molar-refractivity contribution < 1.29 is 17.9 Å². The number of hydrogen-bond acceptors (Lipinski definition) is 6. The van der Waals surface area contributed by atoms with E-state index in [1.54, 1.807) is 37.4 Å². The SMILES string of the molecule is COc1ccccc1OCC1(S(=O)(=O)c2cccc(C)c2)NCCS1. The molecule has 25 heavy (non-hydrogen) atoms. The van der Waals surface area contributed by atoms with Crippen LogP contribution in [0.15, 0.2) is 53.4 Å². The first-order valence-electron chi connectivity index (χ1n) is 7.95. The molecule has 0 aliphatic carbocycles. The highest BCUT2D eigenvalue weighted by Crippen LogP contribution is 2.39. The van der Waals surface area contributed by atoms with Crippen LogP contribution in [0, 0.1) is 6.92 Å². The zero-order valence-electron chi connectivity index (χ0n) is 14.2. The van der Waals surface area contributed by atoms with Crippen LogP contribution in [0.5, 0.6) is 11.5 Å². The Morgan fingerprint density at radius 3 is 2.56 bits per heavy atom. The van der Waals surface area contributed by atoms with Crippen molar-refractivity contribution in [1.82, 2.24) is 5.32 Å². The maximum absolute atomic E-state index is 13.3. The van der Waals surface area contributed by atoms with Gasteiger partial charge in [0.2, 0.25) is 14.0 Å². The summed E-state index contributed by atoms with van der Waals surface area (Å²) in [5.74, 6) is 1.81. The Morgan fingerprint density at radius 1 is 1.16 bits per heavy atom. The molecule has 0 radical (unpaired) electrons. The van der Waals surface area contributed by atoms with E-state index in [1.807, 2.05) is 25.1 Å². The number of methoxy groups -OCH3 is 1. The van der Waals surface area contributed by atoms with Gasteiger partial charge in [-0.25, -0.2) is 8.42 Å². The van der Waals surface area contributed by atoms with E-state index in [2.05, 4.69) is 5.32 Å². The van der Waals surface area contributed by atoms with Gasteiger partial charge in [0.25, 0.3) is 0 Å². The molecule has 5 nitrogen and oxygen atoms in total. The first-order chi connectivity index (χ1) is 12.0. The third-order valence-electron chi connectivity index (χ3n) is 4.05. The molecule has 134 valence electrons. The van der Waals surface area contributed by atoms with Gasteiger partial charge in [0.05, 0.1) is 12.0 Å². The second kappa shape index (κ2) is 7.27. The summed E-state index contributed by atoms with van der Waals surface area (Å²) in [5, 5.41) is 3.15. The van der Waals surface area contributed by atoms with Crippen LogP contribution in [0.25, 0.3) is 0 Å². The molecular formula is C18H21NO4S2. The topological polar surface area (TPSA) is 64.6 Å². The maximum Gasteiger partial charge on any atom is 0.210 e. The van der Waals surface area contributed by atoms with E-state index in [4.69, 9.17) is 9.47 Å².